The summed E-state index contributed by atoms with van der Waals surface area (Å²) in [7, 11) is 0. The van der Waals surface area contributed by atoms with Gasteiger partial charge in [-0.1, -0.05) is 23.5 Å². The maximum absolute atomic E-state index is 12.8. The van der Waals surface area contributed by atoms with E-state index < -0.39 is 0 Å². The Balaban J connectivity index is 1.72. The lowest BCUT2D eigenvalue weighted by atomic mass is 10.1. The van der Waals surface area contributed by atoms with E-state index in [1.54, 1.807) is 30.3 Å². The minimum absolute atomic E-state index is 0.217. The molecule has 0 aliphatic carbocycles. The molecular weight excluding hydrogens is 398 g/mol. The van der Waals surface area contributed by atoms with Gasteiger partial charge in [0.05, 0.1) is 15.9 Å². The minimum atomic E-state index is -0.376. The molecule has 1 aromatic heterocycles. The van der Waals surface area contributed by atoms with Gasteiger partial charge in [-0.25, -0.2) is 0 Å². The van der Waals surface area contributed by atoms with Crippen molar-refractivity contribution in [2.75, 3.05) is 4.90 Å². The summed E-state index contributed by atoms with van der Waals surface area (Å²) < 4.78 is 3.07. The smallest absolute Gasteiger partial charge is 0.279 e. The Morgan fingerprint density at radius 3 is 2.43 bits per heavy atom. The highest BCUT2D eigenvalue weighted by Crippen LogP contribution is 2.24. The molecule has 0 bridgehead atoms. The Bertz CT molecular complexity index is 1250. The topological polar surface area (TPSA) is 71.7 Å². The fourth-order valence-corrected chi connectivity index (χ4v) is 4.96. The maximum Gasteiger partial charge on any atom is 0.279 e. The van der Waals surface area contributed by atoms with Crippen LogP contribution in [-0.2, 0) is 16.1 Å². The number of benzene rings is 2. The second-order valence-corrected chi connectivity index (χ2v) is 8.31. The number of hydrogen-bond donors (Lipinski definition) is 0. The van der Waals surface area contributed by atoms with Gasteiger partial charge in [0, 0.05) is 24.9 Å². The molecule has 1 fully saturated rings. The molecule has 30 heavy (non-hydrogen) atoms. The zero-order chi connectivity index (χ0) is 21.4. The van der Waals surface area contributed by atoms with Gasteiger partial charge in [0.25, 0.3) is 5.91 Å². The van der Waals surface area contributed by atoms with E-state index in [0.29, 0.717) is 22.6 Å². The number of allylic oxidation sites excluding steroid dienone is 1. The van der Waals surface area contributed by atoms with E-state index in [4.69, 9.17) is 0 Å². The standard InChI is InChI=1S/C23H21N3O3S/c1-4-11-25-21-15(3)12-14(2)13-18(21)30-23(25)24-22(29)16-5-7-17(8-6-16)26-19(27)9-10-20(26)28/h4-8,12-13H,1,9-11H2,2-3H3. The van der Waals surface area contributed by atoms with Gasteiger partial charge in [-0.3, -0.25) is 19.3 Å². The average Bonchev–Trinajstić information content (AvgIpc) is 3.21. The summed E-state index contributed by atoms with van der Waals surface area (Å²) in [5, 5.41) is 0. The SMILES string of the molecule is C=CCn1c(=NC(=O)c2ccc(N3C(=O)CCC3=O)cc2)sc2cc(C)cc(C)c21. The number of aromatic nitrogens is 1. The van der Waals surface area contributed by atoms with E-state index in [-0.39, 0.29) is 30.6 Å². The summed E-state index contributed by atoms with van der Waals surface area (Å²) in [6, 6.07) is 10.6. The lowest BCUT2D eigenvalue weighted by Gasteiger charge is -2.13. The van der Waals surface area contributed by atoms with Crippen LogP contribution >= 0.6 is 11.3 Å². The van der Waals surface area contributed by atoms with Crippen LogP contribution in [0.5, 0.6) is 0 Å². The molecule has 2 heterocycles. The summed E-state index contributed by atoms with van der Waals surface area (Å²) in [6.45, 7) is 8.47. The molecule has 152 valence electrons. The fraction of sp³-hybridized carbons (Fsp3) is 0.217. The van der Waals surface area contributed by atoms with Gasteiger partial charge >= 0.3 is 0 Å². The Labute approximate surface area is 177 Å². The predicted molar refractivity (Wildman–Crippen MR) is 118 cm³/mol. The first-order chi connectivity index (χ1) is 14.4. The highest BCUT2D eigenvalue weighted by atomic mass is 32.1. The van der Waals surface area contributed by atoms with Crippen molar-refractivity contribution < 1.29 is 14.4 Å². The van der Waals surface area contributed by atoms with Crippen molar-refractivity contribution in [3.8, 4) is 0 Å². The maximum atomic E-state index is 12.8. The van der Waals surface area contributed by atoms with Gasteiger partial charge in [0.1, 0.15) is 0 Å². The Morgan fingerprint density at radius 1 is 1.13 bits per heavy atom. The zero-order valence-electron chi connectivity index (χ0n) is 16.8. The zero-order valence-corrected chi connectivity index (χ0v) is 17.7. The second-order valence-electron chi connectivity index (χ2n) is 7.30. The van der Waals surface area contributed by atoms with E-state index in [1.807, 2.05) is 18.4 Å². The molecule has 3 aromatic rings. The summed E-state index contributed by atoms with van der Waals surface area (Å²) in [6.07, 6.45) is 2.24. The Hall–Kier alpha value is -3.32. The molecule has 1 aliphatic heterocycles. The number of thiazole rings is 1. The molecule has 0 N–H and O–H groups in total. The third-order valence-corrected chi connectivity index (χ3v) is 6.07. The third-order valence-electron chi connectivity index (χ3n) is 5.04. The van der Waals surface area contributed by atoms with Crippen molar-refractivity contribution in [1.29, 1.82) is 0 Å². The van der Waals surface area contributed by atoms with Gasteiger partial charge in [-0.15, -0.1) is 6.58 Å². The number of amides is 3. The largest absolute Gasteiger partial charge is 0.312 e. The van der Waals surface area contributed by atoms with Gasteiger partial charge in [-0.05, 0) is 55.3 Å². The van der Waals surface area contributed by atoms with Crippen molar-refractivity contribution in [2.45, 2.75) is 33.2 Å². The minimum Gasteiger partial charge on any atom is -0.312 e. The molecule has 0 unspecified atom stereocenters. The van der Waals surface area contributed by atoms with Crippen LogP contribution in [0.4, 0.5) is 5.69 Å². The van der Waals surface area contributed by atoms with Crippen molar-refractivity contribution in [2.24, 2.45) is 4.99 Å². The molecular formula is C23H21N3O3S. The van der Waals surface area contributed by atoms with E-state index in [9.17, 15) is 14.4 Å². The molecule has 2 aromatic carbocycles. The molecule has 6 nitrogen and oxygen atoms in total. The van der Waals surface area contributed by atoms with E-state index >= 15 is 0 Å². The summed E-state index contributed by atoms with van der Waals surface area (Å²) >= 11 is 1.47. The van der Waals surface area contributed by atoms with Crippen LogP contribution in [-0.4, -0.2) is 22.3 Å². The summed E-state index contributed by atoms with van der Waals surface area (Å²) in [4.78, 5) is 42.7. The number of rotatable bonds is 4. The fourth-order valence-electron chi connectivity index (χ4n) is 3.74. The first kappa shape index (κ1) is 20.0. The summed E-state index contributed by atoms with van der Waals surface area (Å²) in [5.41, 5.74) is 4.22. The van der Waals surface area contributed by atoms with Gasteiger partial charge in [-0.2, -0.15) is 4.99 Å². The van der Waals surface area contributed by atoms with Crippen LogP contribution < -0.4 is 9.70 Å². The summed E-state index contributed by atoms with van der Waals surface area (Å²) in [5.74, 6) is -0.810. The lowest BCUT2D eigenvalue weighted by molar-refractivity contribution is -0.121. The van der Waals surface area contributed by atoms with Crippen molar-refractivity contribution in [3.63, 3.8) is 0 Å². The normalized spacial score (nSPS) is 14.7. The van der Waals surface area contributed by atoms with Crippen LogP contribution in [0.1, 0.15) is 34.3 Å². The van der Waals surface area contributed by atoms with Crippen LogP contribution in [0.25, 0.3) is 10.2 Å². The van der Waals surface area contributed by atoms with Crippen LogP contribution in [0.2, 0.25) is 0 Å². The number of aryl methyl sites for hydroxylation is 2. The molecule has 4 rings (SSSR count). The number of hydrogen-bond acceptors (Lipinski definition) is 4. The quantitative estimate of drug-likeness (QED) is 0.476. The molecule has 7 heteroatoms. The van der Waals surface area contributed by atoms with Crippen molar-refractivity contribution >= 4 is 45.0 Å². The number of anilines is 1. The van der Waals surface area contributed by atoms with Crippen molar-refractivity contribution in [1.82, 2.24) is 4.57 Å². The number of nitrogens with zero attached hydrogens (tertiary/aromatic N) is 3. The third kappa shape index (κ3) is 3.52. The Kier molecular flexibility index (Phi) is 5.22. The number of carbonyl (C=O) groups is 3. The highest BCUT2D eigenvalue weighted by molar-refractivity contribution is 7.16. The Morgan fingerprint density at radius 2 is 1.80 bits per heavy atom. The highest BCUT2D eigenvalue weighted by Gasteiger charge is 2.30. The number of imide groups is 1. The molecule has 0 radical (unpaired) electrons. The molecule has 1 saturated heterocycles. The van der Waals surface area contributed by atoms with Gasteiger partial charge < -0.3 is 4.57 Å². The van der Waals surface area contributed by atoms with Crippen molar-refractivity contribution in [3.05, 3.63) is 70.5 Å². The molecule has 3 amide bonds. The molecule has 0 spiro atoms. The average molecular weight is 420 g/mol. The number of carbonyl (C=O) groups excluding carboxylic acids is 3. The van der Waals surface area contributed by atoms with E-state index in [0.717, 1.165) is 21.3 Å². The monoisotopic (exact) mass is 419 g/mol. The van der Waals surface area contributed by atoms with Crippen LogP contribution in [0.15, 0.2) is 54.0 Å². The first-order valence-electron chi connectivity index (χ1n) is 9.65. The van der Waals surface area contributed by atoms with Gasteiger partial charge in [0.15, 0.2) is 4.80 Å². The first-order valence-corrected chi connectivity index (χ1v) is 10.5. The predicted octanol–water partition coefficient (Wildman–Crippen LogP) is 3.90. The van der Waals surface area contributed by atoms with Crippen LogP contribution in [0.3, 0.4) is 0 Å². The lowest BCUT2D eigenvalue weighted by Crippen LogP contribution is -2.28. The van der Waals surface area contributed by atoms with E-state index in [1.165, 1.54) is 16.2 Å². The van der Waals surface area contributed by atoms with Gasteiger partial charge in [0.2, 0.25) is 11.8 Å². The second kappa shape index (κ2) is 7.84. The van der Waals surface area contributed by atoms with Crippen LogP contribution in [0, 0.1) is 13.8 Å². The molecule has 0 atom stereocenters. The molecule has 0 saturated carbocycles. The van der Waals surface area contributed by atoms with E-state index in [2.05, 4.69) is 23.7 Å². The molecule has 1 aliphatic rings. The number of fused-ring (bicyclic) bond motifs is 1.